The van der Waals surface area contributed by atoms with Crippen LogP contribution in [0.2, 0.25) is 17.1 Å². The summed E-state index contributed by atoms with van der Waals surface area (Å²) in [7, 11) is 7.97. The Morgan fingerprint density at radius 3 is 1.69 bits per heavy atom. The average molecular weight is 599 g/mol. The van der Waals surface area contributed by atoms with Gasteiger partial charge in [-0.3, -0.25) is 0 Å². The summed E-state index contributed by atoms with van der Waals surface area (Å²) >= 11 is -0.556. The summed E-state index contributed by atoms with van der Waals surface area (Å²) in [4.78, 5) is 6.00. The number of rotatable bonds is 10. The second kappa shape index (κ2) is 17.3. The molecule has 0 heterocycles. The van der Waals surface area contributed by atoms with Crippen molar-refractivity contribution in [2.45, 2.75) is 155 Å². The van der Waals surface area contributed by atoms with Crippen molar-refractivity contribution >= 4 is 26.8 Å². The molecular formula is C30H61Cl2NOSiTi-2. The second-order valence-electron chi connectivity index (χ2n) is 13.8. The molecule has 36 heavy (non-hydrogen) atoms. The van der Waals surface area contributed by atoms with Crippen LogP contribution in [0.3, 0.4) is 0 Å². The van der Waals surface area contributed by atoms with Gasteiger partial charge in [0.05, 0.1) is 5.60 Å². The molecule has 0 aliphatic heterocycles. The Morgan fingerprint density at radius 1 is 0.778 bits per heavy atom. The summed E-state index contributed by atoms with van der Waals surface area (Å²) in [5, 5.41) is 0. The molecule has 0 aromatic rings. The molecule has 0 radical (unpaired) electrons. The van der Waals surface area contributed by atoms with Crippen molar-refractivity contribution in [2.75, 3.05) is 6.61 Å². The van der Waals surface area contributed by atoms with E-state index in [-0.39, 0.29) is 18.6 Å². The van der Waals surface area contributed by atoms with Crippen molar-refractivity contribution in [1.29, 1.82) is 0 Å². The maximum atomic E-state index is 6.00. The Kier molecular flexibility index (Phi) is 18.0. The van der Waals surface area contributed by atoms with Gasteiger partial charge in [0.15, 0.2) is 0 Å². The van der Waals surface area contributed by atoms with Gasteiger partial charge >= 0.3 is 35.6 Å². The topological polar surface area (TPSA) is 23.3 Å². The van der Waals surface area contributed by atoms with E-state index in [1.165, 1.54) is 63.8 Å². The Labute approximate surface area is 245 Å². The van der Waals surface area contributed by atoms with Crippen LogP contribution in [-0.2, 0) is 21.8 Å². The second-order valence-corrected chi connectivity index (χ2v) is 20.5. The first kappa shape index (κ1) is 37.4. The Bertz CT molecular complexity index is 562. The van der Waals surface area contributed by atoms with E-state index in [0.29, 0.717) is 0 Å². The van der Waals surface area contributed by atoms with Gasteiger partial charge in [0.25, 0.3) is 0 Å². The van der Waals surface area contributed by atoms with E-state index in [4.69, 9.17) is 28.3 Å². The van der Waals surface area contributed by atoms with Gasteiger partial charge in [0, 0.05) is 6.61 Å². The summed E-state index contributed by atoms with van der Waals surface area (Å²) in [6, 6.07) is 1.44. The predicted molar refractivity (Wildman–Crippen MR) is 163 cm³/mol. The fourth-order valence-corrected chi connectivity index (χ4v) is 15.0. The van der Waals surface area contributed by atoms with Crippen LogP contribution in [0.5, 0.6) is 0 Å². The number of hydrogen-bond acceptors (Lipinski definition) is 1. The van der Waals surface area contributed by atoms with Gasteiger partial charge in [-0.1, -0.05) is 117 Å². The van der Waals surface area contributed by atoms with Gasteiger partial charge in [-0.15, -0.1) is 5.54 Å². The number of unbranched alkanes of at least 4 members (excludes halogenated alkanes) is 3. The molecule has 0 N–H and O–H groups in total. The molecule has 0 aromatic carbocycles. The van der Waals surface area contributed by atoms with Crippen molar-refractivity contribution in [3.8, 4) is 0 Å². The number of halogens is 2. The van der Waals surface area contributed by atoms with Crippen LogP contribution in [0.1, 0.15) is 127 Å². The fourth-order valence-electron chi connectivity index (χ4n) is 7.33. The summed E-state index contributed by atoms with van der Waals surface area (Å²) < 4.78 is 5.96. The monoisotopic (exact) mass is 597 g/mol. The van der Waals surface area contributed by atoms with E-state index in [2.05, 4.69) is 69.2 Å². The molecule has 0 bridgehead atoms. The van der Waals surface area contributed by atoms with Gasteiger partial charge in [0.1, 0.15) is 0 Å². The summed E-state index contributed by atoms with van der Waals surface area (Å²) in [5.41, 5.74) is 1.89. The van der Waals surface area contributed by atoms with Gasteiger partial charge < -0.3 is 17.1 Å². The SMILES string of the molecule is CC1C(C)C(C)C([Si](CCCCCCOC(C)(C)C)([N-]C(C)(C)C)C2CCCCC2)C1C.[CH3-].[Cl][Ti][Cl]. The third-order valence-corrected chi connectivity index (χ3v) is 15.5. The first-order chi connectivity index (χ1) is 16.2. The molecule has 2 nitrogen and oxygen atoms in total. The number of hydrogen-bond donors (Lipinski definition) is 0. The van der Waals surface area contributed by atoms with Crippen molar-refractivity contribution < 1.29 is 21.8 Å². The van der Waals surface area contributed by atoms with Crippen LogP contribution < -0.4 is 0 Å². The molecule has 2 rings (SSSR count). The molecule has 2 aliphatic carbocycles. The maximum absolute atomic E-state index is 6.00. The van der Waals surface area contributed by atoms with E-state index < -0.39 is 25.3 Å². The molecule has 5 unspecified atom stereocenters. The Balaban J connectivity index is 0.00000291. The van der Waals surface area contributed by atoms with Crippen LogP contribution in [0.15, 0.2) is 0 Å². The van der Waals surface area contributed by atoms with Gasteiger partial charge in [-0.05, 0) is 59.1 Å². The third-order valence-electron chi connectivity index (χ3n) is 9.06. The molecule has 2 aliphatic rings. The first-order valence-electron chi connectivity index (χ1n) is 14.5. The predicted octanol–water partition coefficient (Wildman–Crippen LogP) is 11.6. The zero-order chi connectivity index (χ0) is 26.9. The Hall–Kier alpha value is 1.43. The van der Waals surface area contributed by atoms with Crippen LogP contribution in [0.25, 0.3) is 4.98 Å². The van der Waals surface area contributed by atoms with Gasteiger partial charge in [-0.2, -0.15) is 0 Å². The van der Waals surface area contributed by atoms with Gasteiger partial charge in [0.2, 0.25) is 0 Å². The van der Waals surface area contributed by atoms with E-state index in [9.17, 15) is 0 Å². The summed E-state index contributed by atoms with van der Waals surface area (Å²) in [5.74, 6) is 3.35. The quantitative estimate of drug-likeness (QED) is 0.139. The van der Waals surface area contributed by atoms with Crippen LogP contribution in [0, 0.1) is 31.1 Å². The molecule has 0 aromatic heterocycles. The third kappa shape index (κ3) is 11.9. The Morgan fingerprint density at radius 2 is 1.25 bits per heavy atom. The van der Waals surface area contributed by atoms with E-state index in [1.54, 1.807) is 0 Å². The number of ether oxygens (including phenoxy) is 1. The molecule has 5 atom stereocenters. The van der Waals surface area contributed by atoms with Gasteiger partial charge in [-0.25, -0.2) is 0 Å². The molecular weight excluding hydrogens is 537 g/mol. The van der Waals surface area contributed by atoms with E-state index in [0.717, 1.165) is 41.4 Å². The van der Waals surface area contributed by atoms with Crippen LogP contribution in [-0.4, -0.2) is 26.0 Å². The molecule has 0 saturated heterocycles. The minimum atomic E-state index is -1.81. The summed E-state index contributed by atoms with van der Waals surface area (Å²) in [6.45, 7) is 24.8. The zero-order valence-electron chi connectivity index (χ0n) is 25.9. The minimum absolute atomic E-state index is 0. The van der Waals surface area contributed by atoms with Crippen molar-refractivity contribution in [2.24, 2.45) is 23.7 Å². The molecule has 216 valence electrons. The molecule has 0 amide bonds. The first-order valence-corrected chi connectivity index (χ1v) is 21.1. The molecule has 0 spiro atoms. The van der Waals surface area contributed by atoms with Crippen molar-refractivity contribution in [3.05, 3.63) is 12.4 Å². The zero-order valence-corrected chi connectivity index (χ0v) is 29.9. The van der Waals surface area contributed by atoms with Crippen molar-refractivity contribution in [1.82, 2.24) is 0 Å². The average Bonchev–Trinajstić information content (AvgIpc) is 2.95. The van der Waals surface area contributed by atoms with Crippen LogP contribution in [0.4, 0.5) is 0 Å². The normalized spacial score (nSPS) is 29.1. The van der Waals surface area contributed by atoms with E-state index in [1.807, 2.05) is 0 Å². The fraction of sp³-hybridized carbons (Fsp3) is 0.967. The molecule has 6 heteroatoms. The number of nitrogens with zero attached hydrogens (tertiary/aromatic N) is 1. The molecule has 2 fully saturated rings. The van der Waals surface area contributed by atoms with E-state index >= 15 is 0 Å². The van der Waals surface area contributed by atoms with Crippen molar-refractivity contribution in [3.63, 3.8) is 0 Å². The summed E-state index contributed by atoms with van der Waals surface area (Å²) in [6.07, 6.45) is 12.5. The van der Waals surface area contributed by atoms with Crippen LogP contribution >= 0.6 is 18.6 Å². The molecule has 2 saturated carbocycles. The standard InChI is InChI=1S/C29H58NOSi.CH3.2ClH.Ti/c1-22-23(2)25(4)27(24(22)3)32(30-28(5,6)7,26-18-14-13-15-19-26)21-17-12-11-16-20-31-29(8,9)10;;;;/h22-27H,11-21H2,1-10H3;1H3;2*1H;/q2*-1;;;+2/p-2.